The normalized spacial score (nSPS) is 12.1. The number of hydrogen-bond donors (Lipinski definition) is 3. The van der Waals surface area contributed by atoms with Gasteiger partial charge in [0, 0.05) is 23.6 Å². The van der Waals surface area contributed by atoms with E-state index in [1.165, 1.54) is 26.2 Å². The highest BCUT2D eigenvalue weighted by molar-refractivity contribution is 6.01. The number of methoxy groups -OCH3 is 1. The van der Waals surface area contributed by atoms with E-state index >= 15 is 0 Å². The molecule has 1 atom stereocenters. The Hall–Kier alpha value is -4.25. The molecule has 0 aliphatic heterocycles. The number of para-hydroxylation sites is 1. The van der Waals surface area contributed by atoms with Crippen molar-refractivity contribution in [2.45, 2.75) is 19.4 Å². The molecule has 1 aromatic heterocycles. The summed E-state index contributed by atoms with van der Waals surface area (Å²) in [7, 11) is 1.42. The van der Waals surface area contributed by atoms with Gasteiger partial charge in [-0.05, 0) is 48.7 Å². The fourth-order valence-corrected chi connectivity index (χ4v) is 3.17. The summed E-state index contributed by atoms with van der Waals surface area (Å²) in [6, 6.07) is 14.6. The lowest BCUT2D eigenvalue weighted by Crippen LogP contribution is -2.26. The monoisotopic (exact) mass is 433 g/mol. The number of carboxylic acid groups (broad SMARTS) is 1. The zero-order valence-corrected chi connectivity index (χ0v) is 17.7. The molecule has 0 spiro atoms. The minimum Gasteiger partial charge on any atom is -0.493 e. The SMILES string of the molecule is COc1cc(/C=C(/C#N)C(=O)NCCc2c[nH]c3ccccc23)ccc1O[C@H](C)C(=O)O. The van der Waals surface area contributed by atoms with E-state index in [-0.39, 0.29) is 11.3 Å². The first-order valence-corrected chi connectivity index (χ1v) is 9.95. The van der Waals surface area contributed by atoms with Crippen LogP contribution in [0.25, 0.3) is 17.0 Å². The van der Waals surface area contributed by atoms with Gasteiger partial charge in [-0.1, -0.05) is 24.3 Å². The maximum Gasteiger partial charge on any atom is 0.344 e. The summed E-state index contributed by atoms with van der Waals surface area (Å²) >= 11 is 0. The van der Waals surface area contributed by atoms with Gasteiger partial charge in [0.1, 0.15) is 11.6 Å². The lowest BCUT2D eigenvalue weighted by Gasteiger charge is -2.14. The number of nitriles is 1. The van der Waals surface area contributed by atoms with Crippen LogP contribution in [0, 0.1) is 11.3 Å². The van der Waals surface area contributed by atoms with E-state index in [2.05, 4.69) is 10.3 Å². The predicted molar refractivity (Wildman–Crippen MR) is 119 cm³/mol. The van der Waals surface area contributed by atoms with Crippen molar-refractivity contribution in [3.05, 3.63) is 65.4 Å². The summed E-state index contributed by atoms with van der Waals surface area (Å²) in [5, 5.41) is 22.3. The number of fused-ring (bicyclic) bond motifs is 1. The zero-order valence-electron chi connectivity index (χ0n) is 17.7. The smallest absolute Gasteiger partial charge is 0.344 e. The maximum absolute atomic E-state index is 12.5. The third-order valence-electron chi connectivity index (χ3n) is 4.87. The van der Waals surface area contributed by atoms with Crippen LogP contribution in [0.4, 0.5) is 0 Å². The minimum atomic E-state index is -1.10. The maximum atomic E-state index is 12.5. The molecule has 3 N–H and O–H groups in total. The number of H-pyrrole nitrogens is 1. The van der Waals surface area contributed by atoms with E-state index in [9.17, 15) is 14.9 Å². The van der Waals surface area contributed by atoms with E-state index in [1.807, 2.05) is 36.5 Å². The molecule has 3 rings (SSSR count). The molecule has 3 aromatic rings. The molecule has 0 unspecified atom stereocenters. The number of benzene rings is 2. The number of carbonyl (C=O) groups excluding carboxylic acids is 1. The number of carbonyl (C=O) groups is 2. The van der Waals surface area contributed by atoms with Gasteiger partial charge in [0.15, 0.2) is 17.6 Å². The first kappa shape index (κ1) is 22.4. The quantitative estimate of drug-likeness (QED) is 0.351. The average molecular weight is 433 g/mol. The van der Waals surface area contributed by atoms with Crippen LogP contribution in [-0.4, -0.2) is 41.7 Å². The molecular weight excluding hydrogens is 410 g/mol. The molecule has 0 bridgehead atoms. The van der Waals surface area contributed by atoms with Gasteiger partial charge >= 0.3 is 5.97 Å². The Morgan fingerprint density at radius 3 is 2.75 bits per heavy atom. The number of amides is 1. The molecule has 32 heavy (non-hydrogen) atoms. The van der Waals surface area contributed by atoms with Crippen LogP contribution in [0.1, 0.15) is 18.1 Å². The lowest BCUT2D eigenvalue weighted by atomic mass is 10.1. The number of aromatic nitrogens is 1. The molecule has 1 amide bonds. The molecule has 0 saturated carbocycles. The lowest BCUT2D eigenvalue weighted by molar-refractivity contribution is -0.144. The summed E-state index contributed by atoms with van der Waals surface area (Å²) in [5.74, 6) is -1.04. The second kappa shape index (κ2) is 10.2. The van der Waals surface area contributed by atoms with Crippen LogP contribution in [0.3, 0.4) is 0 Å². The third-order valence-corrected chi connectivity index (χ3v) is 4.87. The van der Waals surface area contributed by atoms with Crippen LogP contribution in [0.2, 0.25) is 0 Å². The Bertz CT molecular complexity index is 1210. The molecule has 0 aliphatic rings. The van der Waals surface area contributed by atoms with Gasteiger partial charge < -0.3 is 24.9 Å². The fraction of sp³-hybridized carbons (Fsp3) is 0.208. The molecule has 0 aliphatic carbocycles. The Kier molecular flexibility index (Phi) is 7.13. The Morgan fingerprint density at radius 1 is 1.25 bits per heavy atom. The van der Waals surface area contributed by atoms with E-state index < -0.39 is 18.0 Å². The molecular formula is C24H23N3O5. The molecule has 164 valence electrons. The van der Waals surface area contributed by atoms with Crippen molar-refractivity contribution in [3.63, 3.8) is 0 Å². The summed E-state index contributed by atoms with van der Waals surface area (Å²) < 4.78 is 10.6. The molecule has 8 heteroatoms. The molecule has 2 aromatic carbocycles. The zero-order chi connectivity index (χ0) is 23.1. The van der Waals surface area contributed by atoms with Gasteiger partial charge in [-0.2, -0.15) is 5.26 Å². The Morgan fingerprint density at radius 2 is 2.03 bits per heavy atom. The molecule has 0 radical (unpaired) electrons. The van der Waals surface area contributed by atoms with Gasteiger partial charge in [0.25, 0.3) is 5.91 Å². The number of rotatable bonds is 9. The molecule has 0 fully saturated rings. The van der Waals surface area contributed by atoms with E-state index in [4.69, 9.17) is 14.6 Å². The highest BCUT2D eigenvalue weighted by Crippen LogP contribution is 2.30. The van der Waals surface area contributed by atoms with Gasteiger partial charge in [0.2, 0.25) is 0 Å². The van der Waals surface area contributed by atoms with Gasteiger partial charge in [-0.3, -0.25) is 4.79 Å². The van der Waals surface area contributed by atoms with Crippen molar-refractivity contribution in [1.29, 1.82) is 5.26 Å². The number of nitrogens with one attached hydrogen (secondary N) is 2. The van der Waals surface area contributed by atoms with Crippen molar-refractivity contribution in [2.24, 2.45) is 0 Å². The standard InChI is InChI=1S/C24H23N3O5/c1-15(24(29)30)32-21-8-7-16(12-22(21)31-2)11-18(13-25)23(28)26-10-9-17-14-27-20-6-4-3-5-19(17)20/h3-8,11-12,14-15,27H,9-10H2,1-2H3,(H,26,28)(H,29,30)/b18-11-/t15-/m1/s1. The van der Waals surface area contributed by atoms with Crippen LogP contribution >= 0.6 is 0 Å². The second-order valence-corrected chi connectivity index (χ2v) is 7.04. The minimum absolute atomic E-state index is 0.0569. The molecule has 0 saturated heterocycles. The van der Waals surface area contributed by atoms with Crippen LogP contribution in [0.5, 0.6) is 11.5 Å². The summed E-state index contributed by atoms with van der Waals surface area (Å²) in [6.07, 6.45) is 2.92. The van der Waals surface area contributed by atoms with Crippen LogP contribution in [-0.2, 0) is 16.0 Å². The molecule has 8 nitrogen and oxygen atoms in total. The number of aliphatic carboxylic acids is 1. The topological polar surface area (TPSA) is 124 Å². The van der Waals surface area contributed by atoms with Crippen LogP contribution < -0.4 is 14.8 Å². The van der Waals surface area contributed by atoms with E-state index in [0.717, 1.165) is 16.5 Å². The first-order chi connectivity index (χ1) is 15.4. The summed E-state index contributed by atoms with van der Waals surface area (Å²) in [4.78, 5) is 26.7. The Labute approximate surface area is 185 Å². The van der Waals surface area contributed by atoms with Crippen molar-refractivity contribution >= 4 is 28.9 Å². The van der Waals surface area contributed by atoms with Crippen molar-refractivity contribution < 1.29 is 24.2 Å². The van der Waals surface area contributed by atoms with Crippen molar-refractivity contribution in [2.75, 3.05) is 13.7 Å². The summed E-state index contributed by atoms with van der Waals surface area (Å²) in [6.45, 7) is 1.78. The summed E-state index contributed by atoms with van der Waals surface area (Å²) in [5.41, 5.74) is 2.60. The number of aromatic amines is 1. The van der Waals surface area contributed by atoms with Gasteiger partial charge in [0.05, 0.1) is 7.11 Å². The average Bonchev–Trinajstić information content (AvgIpc) is 3.21. The van der Waals surface area contributed by atoms with Crippen molar-refractivity contribution in [3.8, 4) is 17.6 Å². The molecule has 1 heterocycles. The van der Waals surface area contributed by atoms with E-state index in [1.54, 1.807) is 12.1 Å². The van der Waals surface area contributed by atoms with Crippen LogP contribution in [0.15, 0.2) is 54.2 Å². The number of ether oxygens (including phenoxy) is 2. The number of hydrogen-bond acceptors (Lipinski definition) is 5. The van der Waals surface area contributed by atoms with E-state index in [0.29, 0.717) is 24.3 Å². The third kappa shape index (κ3) is 5.26. The fourth-order valence-electron chi connectivity index (χ4n) is 3.17. The van der Waals surface area contributed by atoms with Gasteiger partial charge in [-0.15, -0.1) is 0 Å². The first-order valence-electron chi connectivity index (χ1n) is 9.95. The van der Waals surface area contributed by atoms with Crippen molar-refractivity contribution in [1.82, 2.24) is 10.3 Å². The second-order valence-electron chi connectivity index (χ2n) is 7.04. The Balaban J connectivity index is 1.67. The van der Waals surface area contributed by atoms with Gasteiger partial charge in [-0.25, -0.2) is 4.79 Å². The largest absolute Gasteiger partial charge is 0.493 e. The number of nitrogens with zero attached hydrogens (tertiary/aromatic N) is 1. The highest BCUT2D eigenvalue weighted by Gasteiger charge is 2.16. The number of carboxylic acids is 1. The predicted octanol–water partition coefficient (Wildman–Crippen LogP) is 3.29. The highest BCUT2D eigenvalue weighted by atomic mass is 16.5.